The highest BCUT2D eigenvalue weighted by molar-refractivity contribution is 7.67. The molecule has 1 aliphatic rings. The predicted molar refractivity (Wildman–Crippen MR) is 126 cm³/mol. The Labute approximate surface area is 195 Å². The molecule has 1 unspecified atom stereocenters. The Morgan fingerprint density at radius 1 is 0.853 bits per heavy atom. The van der Waals surface area contributed by atoms with E-state index in [1.807, 2.05) is 12.1 Å². The van der Waals surface area contributed by atoms with Crippen LogP contribution in [0.1, 0.15) is 23.2 Å². The van der Waals surface area contributed by atoms with Crippen molar-refractivity contribution in [2.24, 2.45) is 0 Å². The summed E-state index contributed by atoms with van der Waals surface area (Å²) in [4.78, 5) is 11.2. The van der Waals surface area contributed by atoms with Gasteiger partial charge < -0.3 is 9.34 Å². The molecule has 0 amide bonds. The maximum Gasteiger partial charge on any atom is 0.416 e. The van der Waals surface area contributed by atoms with E-state index in [0.29, 0.717) is 30.9 Å². The minimum absolute atomic E-state index is 0.233. The van der Waals surface area contributed by atoms with Crippen LogP contribution in [0, 0.1) is 10.1 Å². The van der Waals surface area contributed by atoms with Crippen molar-refractivity contribution in [3.05, 3.63) is 106 Å². The summed E-state index contributed by atoms with van der Waals surface area (Å²) in [5.41, 5.74) is -0.487. The molecule has 6 nitrogen and oxygen atoms in total. The Morgan fingerprint density at radius 2 is 1.32 bits per heavy atom. The molecule has 1 aliphatic heterocycles. The molecule has 0 spiro atoms. The zero-order valence-electron chi connectivity index (χ0n) is 18.1. The lowest BCUT2D eigenvalue weighted by Gasteiger charge is -2.48. The highest BCUT2D eigenvalue weighted by Crippen LogP contribution is 2.67. The Kier molecular flexibility index (Phi) is 6.66. The van der Waals surface area contributed by atoms with Gasteiger partial charge in [-0.1, -0.05) is 48.5 Å². The fraction of sp³-hybridized carbons (Fsp3) is 0.250. The van der Waals surface area contributed by atoms with Gasteiger partial charge in [0.15, 0.2) is 0 Å². The number of hydrogen-bond acceptors (Lipinski definition) is 3. The first-order chi connectivity index (χ1) is 16.2. The summed E-state index contributed by atoms with van der Waals surface area (Å²) in [5.74, 6) is 0. The number of nitro groups is 1. The molecule has 0 aliphatic carbocycles. The quantitative estimate of drug-likeness (QED) is 0.221. The third-order valence-corrected chi connectivity index (χ3v) is 9.41. The van der Waals surface area contributed by atoms with Crippen molar-refractivity contribution >= 4 is 18.8 Å². The molecule has 4 rings (SSSR count). The molecule has 1 fully saturated rings. The lowest BCUT2D eigenvalue weighted by Crippen LogP contribution is -2.42. The smallest absolute Gasteiger partial charge is 0.306 e. The van der Waals surface area contributed by atoms with E-state index < -0.39 is 36.3 Å². The average molecular weight is 489 g/mol. The van der Waals surface area contributed by atoms with Gasteiger partial charge in [-0.25, -0.2) is 0 Å². The molecule has 3 aromatic rings. The van der Waals surface area contributed by atoms with Crippen LogP contribution in [0.25, 0.3) is 0 Å². The summed E-state index contributed by atoms with van der Waals surface area (Å²) in [6, 6.07) is 22.1. The molecule has 178 valence electrons. The van der Waals surface area contributed by atoms with Crippen molar-refractivity contribution in [1.82, 2.24) is 0 Å². The first-order valence-corrected chi connectivity index (χ1v) is 12.4. The van der Waals surface area contributed by atoms with E-state index in [1.54, 1.807) is 57.9 Å². The second kappa shape index (κ2) is 9.50. The number of nitrogens with zero attached hydrogens (tertiary/aromatic N) is 3. The third-order valence-electron chi connectivity index (χ3n) is 5.89. The van der Waals surface area contributed by atoms with Crippen molar-refractivity contribution in [2.75, 3.05) is 29.0 Å². The maximum absolute atomic E-state index is 15.1. The molecule has 34 heavy (non-hydrogen) atoms. The normalized spacial score (nSPS) is 16.8. The van der Waals surface area contributed by atoms with Gasteiger partial charge in [0.05, 0.1) is 5.56 Å². The average Bonchev–Trinajstić information content (AvgIpc) is 2.83. The van der Waals surface area contributed by atoms with E-state index in [-0.39, 0.29) is 5.56 Å². The number of anilines is 2. The fourth-order valence-corrected chi connectivity index (χ4v) is 7.98. The van der Waals surface area contributed by atoms with Crippen LogP contribution in [0.4, 0.5) is 24.5 Å². The van der Waals surface area contributed by atoms with Gasteiger partial charge in [-0.15, -0.1) is 0 Å². The van der Waals surface area contributed by atoms with Crippen molar-refractivity contribution in [3.63, 3.8) is 0 Å². The Hall–Kier alpha value is -3.32. The number of para-hydroxylation sites is 2. The van der Waals surface area contributed by atoms with E-state index in [0.717, 1.165) is 12.1 Å². The van der Waals surface area contributed by atoms with Gasteiger partial charge in [0.25, 0.3) is 7.44 Å². The molecule has 10 heteroatoms. The lowest BCUT2D eigenvalue weighted by molar-refractivity contribution is -0.480. The number of hydrogen-bond donors (Lipinski definition) is 0. The van der Waals surface area contributed by atoms with Crippen LogP contribution >= 0.6 is 7.44 Å². The van der Waals surface area contributed by atoms with Gasteiger partial charge in [0.1, 0.15) is 5.66 Å². The molecular weight excluding hydrogens is 466 g/mol. The SMILES string of the molecule is O=[N+]([O-])CC(c1ccc(C(F)(F)F)cc1)P1(=O)N(c2ccccc2)CCCN1c1ccccc1. The molecule has 0 N–H and O–H groups in total. The van der Waals surface area contributed by atoms with Crippen LogP contribution < -0.4 is 9.34 Å². The van der Waals surface area contributed by atoms with Gasteiger partial charge in [0.2, 0.25) is 6.54 Å². The Morgan fingerprint density at radius 3 is 1.74 bits per heavy atom. The second-order valence-corrected chi connectivity index (χ2v) is 10.8. The highest BCUT2D eigenvalue weighted by Gasteiger charge is 2.50. The maximum atomic E-state index is 15.1. The molecule has 0 aromatic heterocycles. The monoisotopic (exact) mass is 489 g/mol. The first kappa shape index (κ1) is 23.8. The summed E-state index contributed by atoms with van der Waals surface area (Å²) >= 11 is 0. The fourth-order valence-electron chi connectivity index (χ4n) is 4.35. The molecule has 1 atom stereocenters. The minimum Gasteiger partial charge on any atom is -0.306 e. The summed E-state index contributed by atoms with van der Waals surface area (Å²) in [6.45, 7) is 0.119. The summed E-state index contributed by atoms with van der Waals surface area (Å²) in [5, 5.41) is 11.7. The molecule has 3 aromatic carbocycles. The number of alkyl halides is 3. The molecule has 0 radical (unpaired) electrons. The van der Waals surface area contributed by atoms with E-state index in [1.165, 1.54) is 12.1 Å². The van der Waals surface area contributed by atoms with E-state index in [4.69, 9.17) is 0 Å². The molecule has 1 saturated heterocycles. The van der Waals surface area contributed by atoms with Crippen molar-refractivity contribution < 1.29 is 22.7 Å². The summed E-state index contributed by atoms with van der Waals surface area (Å²) in [6.07, 6.45) is -3.88. The Bertz CT molecular complexity index is 1120. The third kappa shape index (κ3) is 4.66. The molecule has 0 bridgehead atoms. The highest BCUT2D eigenvalue weighted by atomic mass is 31.2. The van der Waals surface area contributed by atoms with Crippen LogP contribution in [0.3, 0.4) is 0 Å². The van der Waals surface area contributed by atoms with Crippen LogP contribution in [0.5, 0.6) is 0 Å². The first-order valence-electron chi connectivity index (χ1n) is 10.8. The van der Waals surface area contributed by atoms with Crippen LogP contribution in [-0.2, 0) is 10.7 Å². The molecule has 1 heterocycles. The second-order valence-electron chi connectivity index (χ2n) is 8.01. The van der Waals surface area contributed by atoms with Crippen LogP contribution in [0.2, 0.25) is 0 Å². The van der Waals surface area contributed by atoms with Crippen molar-refractivity contribution in [3.8, 4) is 0 Å². The van der Waals surface area contributed by atoms with Crippen molar-refractivity contribution in [2.45, 2.75) is 18.3 Å². The van der Waals surface area contributed by atoms with Crippen LogP contribution in [0.15, 0.2) is 84.9 Å². The largest absolute Gasteiger partial charge is 0.416 e. The van der Waals surface area contributed by atoms with E-state index >= 15 is 4.57 Å². The zero-order chi connectivity index (χ0) is 24.3. The van der Waals surface area contributed by atoms with Gasteiger partial charge in [0, 0.05) is 29.4 Å². The van der Waals surface area contributed by atoms with E-state index in [2.05, 4.69) is 0 Å². The van der Waals surface area contributed by atoms with Gasteiger partial charge >= 0.3 is 6.18 Å². The number of benzene rings is 3. The van der Waals surface area contributed by atoms with Gasteiger partial charge in [-0.2, -0.15) is 13.2 Å². The van der Waals surface area contributed by atoms with Crippen molar-refractivity contribution in [1.29, 1.82) is 0 Å². The predicted octanol–water partition coefficient (Wildman–Crippen LogP) is 6.63. The van der Waals surface area contributed by atoms with Gasteiger partial charge in [-0.3, -0.25) is 14.7 Å². The number of rotatable bonds is 6. The lowest BCUT2D eigenvalue weighted by atomic mass is 10.1. The molecular formula is C24H23F3N3O3P. The minimum atomic E-state index is -4.54. The Balaban J connectivity index is 1.90. The molecule has 0 saturated carbocycles. The topological polar surface area (TPSA) is 66.7 Å². The van der Waals surface area contributed by atoms with Gasteiger partial charge in [-0.05, 0) is 48.4 Å². The summed E-state index contributed by atoms with van der Waals surface area (Å²) in [7, 11) is -3.78. The van der Waals surface area contributed by atoms with Crippen LogP contribution in [-0.4, -0.2) is 24.6 Å². The summed E-state index contributed by atoms with van der Waals surface area (Å²) < 4.78 is 58.0. The zero-order valence-corrected chi connectivity index (χ0v) is 19.0. The standard InChI is InChI=1S/C24H23F3N3O3P/c25-24(26,27)20-14-12-19(13-15-20)23(18-30(31)32)34(33)28(21-8-3-1-4-9-21)16-7-17-29(34)22-10-5-2-6-11-22/h1-6,8-15,23H,7,16-18H2. The van der Waals surface area contributed by atoms with E-state index in [9.17, 15) is 23.3 Å². The number of halogens is 3.